The van der Waals surface area contributed by atoms with Crippen molar-refractivity contribution in [2.24, 2.45) is 4.99 Å². The quantitative estimate of drug-likeness (QED) is 0.232. The Labute approximate surface area is 233 Å². The molecule has 1 aliphatic rings. The number of amides is 1. The zero-order chi connectivity index (χ0) is 28.9. The van der Waals surface area contributed by atoms with Gasteiger partial charge in [-0.3, -0.25) is 9.79 Å². The molecule has 0 saturated carbocycles. The fourth-order valence-corrected chi connectivity index (χ4v) is 4.19. The first-order valence-corrected chi connectivity index (χ1v) is 14.4. The van der Waals surface area contributed by atoms with Crippen molar-refractivity contribution in [3.63, 3.8) is 0 Å². The first kappa shape index (κ1) is 35.6. The molecule has 6 heteroatoms. The normalized spacial score (nSPS) is 14.9. The van der Waals surface area contributed by atoms with Gasteiger partial charge in [0, 0.05) is 50.6 Å². The Kier molecular flexibility index (Phi) is 20.1. The molecule has 0 aromatic heterocycles. The lowest BCUT2D eigenvalue weighted by Crippen LogP contribution is -2.39. The number of methoxy groups -OCH3 is 1. The molecule has 216 valence electrons. The van der Waals surface area contributed by atoms with Crippen LogP contribution in [0.3, 0.4) is 0 Å². The van der Waals surface area contributed by atoms with Crippen LogP contribution in [0.2, 0.25) is 0 Å². The van der Waals surface area contributed by atoms with Gasteiger partial charge in [-0.05, 0) is 81.7 Å². The van der Waals surface area contributed by atoms with Crippen molar-refractivity contribution in [2.45, 2.75) is 113 Å². The highest BCUT2D eigenvalue weighted by molar-refractivity contribution is 5.79. The van der Waals surface area contributed by atoms with Crippen molar-refractivity contribution in [3.05, 3.63) is 52.7 Å². The van der Waals surface area contributed by atoms with E-state index in [1.165, 1.54) is 40.7 Å². The van der Waals surface area contributed by atoms with E-state index in [0.29, 0.717) is 12.1 Å². The van der Waals surface area contributed by atoms with E-state index in [2.05, 4.69) is 81.2 Å². The number of rotatable bonds is 14. The summed E-state index contributed by atoms with van der Waals surface area (Å²) >= 11 is 0. The minimum Gasteiger partial charge on any atom is -0.496 e. The molecule has 1 aromatic rings. The molecule has 3 N–H and O–H groups in total. The fraction of sp³-hybridized carbons (Fsp3) is 0.625. The second kappa shape index (κ2) is 21.5. The van der Waals surface area contributed by atoms with Gasteiger partial charge in [-0.1, -0.05) is 52.3 Å². The predicted molar refractivity (Wildman–Crippen MR) is 165 cm³/mol. The monoisotopic (exact) mass is 528 g/mol. The second-order valence-corrected chi connectivity index (χ2v) is 9.64. The summed E-state index contributed by atoms with van der Waals surface area (Å²) in [4.78, 5) is 14.3. The molecule has 2 rings (SSSR count). The average molecular weight is 529 g/mol. The molecule has 1 aromatic carbocycles. The van der Waals surface area contributed by atoms with Crippen LogP contribution in [0.5, 0.6) is 5.75 Å². The van der Waals surface area contributed by atoms with Crippen LogP contribution < -0.4 is 20.7 Å². The van der Waals surface area contributed by atoms with E-state index in [1.807, 2.05) is 20.1 Å². The summed E-state index contributed by atoms with van der Waals surface area (Å²) in [5.74, 6) is 1.17. The summed E-state index contributed by atoms with van der Waals surface area (Å²) in [6.45, 7) is 23.4. The lowest BCUT2D eigenvalue weighted by atomic mass is 9.98. The van der Waals surface area contributed by atoms with Crippen molar-refractivity contribution in [1.82, 2.24) is 16.0 Å². The minimum atomic E-state index is 0.204. The Balaban J connectivity index is 0.00000147. The number of nitrogens with zero attached hydrogens (tertiary/aromatic N) is 1. The molecular weight excluding hydrogens is 472 g/mol. The molecule has 1 amide bonds. The number of ether oxygens (including phenoxy) is 1. The maximum Gasteiger partial charge on any atom is 0.220 e. The molecule has 2 unspecified atom stereocenters. The number of carbonyl (C=O) groups is 1. The lowest BCUT2D eigenvalue weighted by Gasteiger charge is -2.25. The Bertz CT molecular complexity index is 868. The molecule has 1 fully saturated rings. The summed E-state index contributed by atoms with van der Waals surface area (Å²) in [7, 11) is 1.74. The van der Waals surface area contributed by atoms with E-state index in [-0.39, 0.29) is 5.91 Å². The van der Waals surface area contributed by atoms with E-state index in [4.69, 9.17) is 4.74 Å². The number of benzene rings is 1. The standard InChI is InChI=1S/C26H43N3O.C4H7NO.C2H6/c1-9-12-25(29-18-23-13-14-26(30-8)22(7)21(23)6)15-24(10-2)28-17-20(5)19(4)16-27-11-3;6-4-2-1-3-5-4;1-2/h11,13-14,16,24-25,28-29H,3,9-10,12,15,17-18H2,1-2,4-8H3;1-3H2,(H,5,6);1-2H3/b20-19+,27-16?;;. The smallest absolute Gasteiger partial charge is 0.220 e. The third-order valence-electron chi connectivity index (χ3n) is 6.96. The van der Waals surface area contributed by atoms with Crippen LogP contribution in [0.4, 0.5) is 0 Å². The van der Waals surface area contributed by atoms with Crippen molar-refractivity contribution in [3.8, 4) is 5.75 Å². The van der Waals surface area contributed by atoms with Gasteiger partial charge in [0.05, 0.1) is 7.11 Å². The van der Waals surface area contributed by atoms with Crippen molar-refractivity contribution < 1.29 is 9.53 Å². The van der Waals surface area contributed by atoms with Crippen LogP contribution in [-0.4, -0.2) is 44.4 Å². The second-order valence-electron chi connectivity index (χ2n) is 9.64. The Morgan fingerprint density at radius 1 is 1.16 bits per heavy atom. The summed E-state index contributed by atoms with van der Waals surface area (Å²) in [6.07, 6.45) is 9.84. The van der Waals surface area contributed by atoms with E-state index >= 15 is 0 Å². The van der Waals surface area contributed by atoms with Crippen LogP contribution in [0, 0.1) is 13.8 Å². The van der Waals surface area contributed by atoms with Gasteiger partial charge in [0.15, 0.2) is 0 Å². The number of hydrogen-bond donors (Lipinski definition) is 3. The molecule has 38 heavy (non-hydrogen) atoms. The Morgan fingerprint density at radius 3 is 2.37 bits per heavy atom. The van der Waals surface area contributed by atoms with Crippen molar-refractivity contribution >= 4 is 12.1 Å². The van der Waals surface area contributed by atoms with Crippen LogP contribution in [0.25, 0.3) is 0 Å². The third kappa shape index (κ3) is 13.9. The number of nitrogens with one attached hydrogen (secondary N) is 3. The maximum atomic E-state index is 10.1. The van der Waals surface area contributed by atoms with E-state index < -0.39 is 0 Å². The van der Waals surface area contributed by atoms with Crippen LogP contribution in [0.15, 0.2) is 41.1 Å². The Hall–Kier alpha value is -2.44. The molecule has 1 aliphatic heterocycles. The van der Waals surface area contributed by atoms with Gasteiger partial charge in [-0.2, -0.15) is 0 Å². The van der Waals surface area contributed by atoms with E-state index in [9.17, 15) is 4.79 Å². The number of allylic oxidation sites excluding steroid dienone is 1. The van der Waals surface area contributed by atoms with Crippen LogP contribution >= 0.6 is 0 Å². The first-order chi connectivity index (χ1) is 18.3. The zero-order valence-corrected chi connectivity index (χ0v) is 25.8. The SMILES string of the molecule is C=CN=C/C(C)=C(\C)CNC(CC)CC(CCC)NCc1ccc(OC)c(C)c1C.CC.O=C1CCCN1. The maximum absolute atomic E-state index is 10.1. The average Bonchev–Trinajstić information content (AvgIpc) is 3.42. The summed E-state index contributed by atoms with van der Waals surface area (Å²) in [5, 5.41) is 10.2. The lowest BCUT2D eigenvalue weighted by molar-refractivity contribution is -0.119. The number of carbonyl (C=O) groups excluding carboxylic acids is 1. The first-order valence-electron chi connectivity index (χ1n) is 14.4. The molecule has 0 spiro atoms. The summed E-state index contributed by atoms with van der Waals surface area (Å²) in [5.41, 5.74) is 6.43. The highest BCUT2D eigenvalue weighted by atomic mass is 16.5. The predicted octanol–water partition coefficient (Wildman–Crippen LogP) is 6.80. The molecule has 0 aliphatic carbocycles. The summed E-state index contributed by atoms with van der Waals surface area (Å²) in [6, 6.07) is 5.26. The minimum absolute atomic E-state index is 0.204. The summed E-state index contributed by atoms with van der Waals surface area (Å²) < 4.78 is 5.45. The van der Waals surface area contributed by atoms with Gasteiger partial charge in [-0.15, -0.1) is 0 Å². The van der Waals surface area contributed by atoms with Gasteiger partial charge in [-0.25, -0.2) is 0 Å². The van der Waals surface area contributed by atoms with E-state index in [0.717, 1.165) is 51.1 Å². The fourth-order valence-electron chi connectivity index (χ4n) is 4.19. The molecule has 1 heterocycles. The molecule has 0 bridgehead atoms. The molecular formula is C32H56N4O2. The topological polar surface area (TPSA) is 74.8 Å². The van der Waals surface area contributed by atoms with Gasteiger partial charge in [0.1, 0.15) is 5.75 Å². The van der Waals surface area contributed by atoms with Gasteiger partial charge in [0.2, 0.25) is 5.91 Å². The zero-order valence-electron chi connectivity index (χ0n) is 25.8. The number of aliphatic imine (C=N–C) groups is 1. The van der Waals surface area contributed by atoms with Gasteiger partial charge in [0.25, 0.3) is 0 Å². The van der Waals surface area contributed by atoms with Crippen LogP contribution in [0.1, 0.15) is 96.8 Å². The molecule has 0 radical (unpaired) electrons. The largest absolute Gasteiger partial charge is 0.496 e. The molecule has 2 atom stereocenters. The van der Waals surface area contributed by atoms with Crippen molar-refractivity contribution in [2.75, 3.05) is 20.2 Å². The van der Waals surface area contributed by atoms with Gasteiger partial charge >= 0.3 is 0 Å². The number of hydrogen-bond acceptors (Lipinski definition) is 5. The molecule has 1 saturated heterocycles. The highest BCUT2D eigenvalue weighted by Crippen LogP contribution is 2.24. The highest BCUT2D eigenvalue weighted by Gasteiger charge is 2.16. The Morgan fingerprint density at radius 2 is 1.87 bits per heavy atom. The van der Waals surface area contributed by atoms with E-state index in [1.54, 1.807) is 13.3 Å². The van der Waals surface area contributed by atoms with Crippen LogP contribution in [-0.2, 0) is 11.3 Å². The molecule has 6 nitrogen and oxygen atoms in total. The third-order valence-corrected chi connectivity index (χ3v) is 6.96. The van der Waals surface area contributed by atoms with Crippen molar-refractivity contribution in [1.29, 1.82) is 0 Å². The van der Waals surface area contributed by atoms with Gasteiger partial charge < -0.3 is 20.7 Å².